The van der Waals surface area contributed by atoms with Crippen molar-refractivity contribution < 1.29 is 4.79 Å². The van der Waals surface area contributed by atoms with Crippen LogP contribution in [0.3, 0.4) is 0 Å². The van der Waals surface area contributed by atoms with E-state index in [0.29, 0.717) is 11.0 Å². The summed E-state index contributed by atoms with van der Waals surface area (Å²) in [5, 5.41) is 13.2. The van der Waals surface area contributed by atoms with Gasteiger partial charge >= 0.3 is 0 Å². The molecule has 0 unspecified atom stereocenters. The molecule has 29 heavy (non-hydrogen) atoms. The fourth-order valence-corrected chi connectivity index (χ4v) is 4.26. The minimum atomic E-state index is -0.0206. The van der Waals surface area contributed by atoms with Crippen molar-refractivity contribution in [2.24, 2.45) is 0 Å². The molecule has 0 aliphatic rings. The lowest BCUT2D eigenvalue weighted by molar-refractivity contribution is 0.0978. The Morgan fingerprint density at radius 3 is 2.31 bits per heavy atom. The smallest absolute Gasteiger partial charge is 0.260 e. The Balaban J connectivity index is 2.36. The van der Waals surface area contributed by atoms with Gasteiger partial charge in [0.25, 0.3) is 5.91 Å². The highest BCUT2D eigenvalue weighted by molar-refractivity contribution is 7.19. The predicted octanol–water partition coefficient (Wildman–Crippen LogP) is 4.81. The molecule has 160 valence electrons. The van der Waals surface area contributed by atoms with Gasteiger partial charge in [0, 0.05) is 24.7 Å². The zero-order valence-corrected chi connectivity index (χ0v) is 19.8. The number of nitrogens with zero attached hydrogens (tertiary/aromatic N) is 4. The quantitative estimate of drug-likeness (QED) is 0.634. The third kappa shape index (κ3) is 5.76. The van der Waals surface area contributed by atoms with Gasteiger partial charge in [-0.25, -0.2) is 0 Å². The van der Waals surface area contributed by atoms with Gasteiger partial charge in [0.1, 0.15) is 0 Å². The van der Waals surface area contributed by atoms with E-state index in [1.807, 2.05) is 40.1 Å². The Bertz CT molecular complexity index is 813. The molecule has 2 aromatic rings. The zero-order chi connectivity index (χ0) is 21.7. The third-order valence-electron chi connectivity index (χ3n) is 4.76. The average molecular weight is 418 g/mol. The normalized spacial score (nSPS) is 11.7. The van der Waals surface area contributed by atoms with E-state index in [4.69, 9.17) is 0 Å². The predicted molar refractivity (Wildman–Crippen MR) is 124 cm³/mol. The number of carbonyl (C=O) groups excluding carboxylic acids is 1. The number of anilines is 2. The van der Waals surface area contributed by atoms with Crippen LogP contribution < -0.4 is 10.2 Å². The Kier molecular flexibility index (Phi) is 8.16. The van der Waals surface area contributed by atoms with Gasteiger partial charge in [-0.2, -0.15) is 0 Å². The Hall–Kier alpha value is -1.99. The molecule has 0 aliphatic heterocycles. The fraction of sp³-hybridized carbons (Fsp3) is 0.591. The van der Waals surface area contributed by atoms with Crippen molar-refractivity contribution in [1.29, 1.82) is 0 Å². The van der Waals surface area contributed by atoms with Crippen molar-refractivity contribution in [2.75, 3.05) is 37.4 Å². The largest absolute Gasteiger partial charge is 0.359 e. The molecule has 1 N–H and O–H groups in total. The van der Waals surface area contributed by atoms with Gasteiger partial charge in [0.2, 0.25) is 10.3 Å². The summed E-state index contributed by atoms with van der Waals surface area (Å²) in [6, 6.07) is 6.04. The van der Waals surface area contributed by atoms with Crippen molar-refractivity contribution in [3.05, 3.63) is 34.9 Å². The van der Waals surface area contributed by atoms with E-state index in [0.717, 1.165) is 29.3 Å². The molecule has 1 aromatic heterocycles. The SMILES string of the molecule is CC(C)c1cccc(C(=O)N(c2nnc(NCCN(C)C)s2)C(C)C)c1C(C)C. The van der Waals surface area contributed by atoms with Crippen molar-refractivity contribution in [1.82, 2.24) is 15.1 Å². The first-order valence-electron chi connectivity index (χ1n) is 10.3. The van der Waals surface area contributed by atoms with E-state index in [1.54, 1.807) is 4.90 Å². The summed E-state index contributed by atoms with van der Waals surface area (Å²) in [4.78, 5) is 17.5. The summed E-state index contributed by atoms with van der Waals surface area (Å²) in [7, 11) is 4.06. The molecule has 0 radical (unpaired) electrons. The van der Waals surface area contributed by atoms with Gasteiger partial charge in [-0.1, -0.05) is 51.2 Å². The maximum atomic E-state index is 13.6. The molecule has 1 aromatic carbocycles. The monoisotopic (exact) mass is 417 g/mol. The fourth-order valence-electron chi connectivity index (χ4n) is 3.36. The summed E-state index contributed by atoms with van der Waals surface area (Å²) in [6.07, 6.45) is 0. The van der Waals surface area contributed by atoms with E-state index >= 15 is 0 Å². The maximum Gasteiger partial charge on any atom is 0.260 e. The number of nitrogens with one attached hydrogen (secondary N) is 1. The van der Waals surface area contributed by atoms with Crippen LogP contribution in [0.2, 0.25) is 0 Å². The number of rotatable bonds is 9. The number of carbonyl (C=O) groups is 1. The molecule has 6 nitrogen and oxygen atoms in total. The standard InChI is InChI=1S/C22H35N5OS/c1-14(2)17-10-9-11-18(19(17)15(3)4)20(28)27(16(5)6)22-25-24-21(29-22)23-12-13-26(7)8/h9-11,14-16H,12-13H2,1-8H3,(H,23,24). The van der Waals surface area contributed by atoms with Gasteiger partial charge in [0.05, 0.1) is 0 Å². The number of hydrogen-bond donors (Lipinski definition) is 1. The minimum Gasteiger partial charge on any atom is -0.359 e. The summed E-state index contributed by atoms with van der Waals surface area (Å²) >= 11 is 1.42. The van der Waals surface area contributed by atoms with Gasteiger partial charge in [-0.05, 0) is 57.0 Å². The van der Waals surface area contributed by atoms with Crippen LogP contribution in [0.25, 0.3) is 0 Å². The summed E-state index contributed by atoms with van der Waals surface area (Å²) in [6.45, 7) is 14.4. The third-order valence-corrected chi connectivity index (χ3v) is 5.64. The lowest BCUT2D eigenvalue weighted by Crippen LogP contribution is -2.37. The van der Waals surface area contributed by atoms with Crippen molar-refractivity contribution in [3.63, 3.8) is 0 Å². The Morgan fingerprint density at radius 2 is 1.76 bits per heavy atom. The highest BCUT2D eigenvalue weighted by Crippen LogP contribution is 2.33. The molecule has 7 heteroatoms. The topological polar surface area (TPSA) is 61.4 Å². The number of amides is 1. The lowest BCUT2D eigenvalue weighted by Gasteiger charge is -2.27. The molecule has 0 saturated carbocycles. The molecule has 0 atom stereocenters. The van der Waals surface area contributed by atoms with E-state index in [9.17, 15) is 4.79 Å². The Morgan fingerprint density at radius 1 is 1.07 bits per heavy atom. The average Bonchev–Trinajstić information content (AvgIpc) is 3.08. The number of hydrogen-bond acceptors (Lipinski definition) is 6. The first-order chi connectivity index (χ1) is 13.6. The van der Waals surface area contributed by atoms with Crippen LogP contribution in [0.15, 0.2) is 18.2 Å². The van der Waals surface area contributed by atoms with Crippen LogP contribution in [0.4, 0.5) is 10.3 Å². The second-order valence-corrected chi connectivity index (χ2v) is 9.46. The molecule has 0 fully saturated rings. The van der Waals surface area contributed by atoms with Gasteiger partial charge in [0.15, 0.2) is 0 Å². The van der Waals surface area contributed by atoms with Gasteiger partial charge < -0.3 is 10.2 Å². The second-order valence-electron chi connectivity index (χ2n) is 8.51. The van der Waals surface area contributed by atoms with Crippen LogP contribution in [-0.2, 0) is 0 Å². The first kappa shape index (κ1) is 23.3. The van der Waals surface area contributed by atoms with Crippen LogP contribution in [0.5, 0.6) is 0 Å². The highest BCUT2D eigenvalue weighted by Gasteiger charge is 2.28. The van der Waals surface area contributed by atoms with Crippen molar-refractivity contribution in [3.8, 4) is 0 Å². The van der Waals surface area contributed by atoms with Gasteiger partial charge in [-0.15, -0.1) is 10.2 Å². The molecular formula is C22H35N5OS. The van der Waals surface area contributed by atoms with Crippen LogP contribution in [0, 0.1) is 0 Å². The summed E-state index contributed by atoms with van der Waals surface area (Å²) in [5.74, 6) is 0.614. The van der Waals surface area contributed by atoms with Gasteiger partial charge in [-0.3, -0.25) is 9.69 Å². The first-order valence-corrected chi connectivity index (χ1v) is 11.1. The van der Waals surface area contributed by atoms with E-state index in [-0.39, 0.29) is 17.9 Å². The van der Waals surface area contributed by atoms with E-state index in [1.165, 1.54) is 16.9 Å². The Labute approximate surface area is 179 Å². The van der Waals surface area contributed by atoms with Crippen molar-refractivity contribution >= 4 is 27.5 Å². The maximum absolute atomic E-state index is 13.6. The molecule has 0 bridgehead atoms. The minimum absolute atomic E-state index is 0.0119. The molecule has 0 saturated heterocycles. The number of likely N-dealkylation sites (N-methyl/N-ethyl adjacent to an activating group) is 1. The van der Waals surface area contributed by atoms with Crippen LogP contribution in [0.1, 0.15) is 74.9 Å². The van der Waals surface area contributed by atoms with Crippen molar-refractivity contribution in [2.45, 2.75) is 59.4 Å². The lowest BCUT2D eigenvalue weighted by atomic mass is 9.86. The number of aromatic nitrogens is 2. The second kappa shape index (κ2) is 10.2. The molecule has 1 heterocycles. The number of benzene rings is 1. The highest BCUT2D eigenvalue weighted by atomic mass is 32.1. The van der Waals surface area contributed by atoms with E-state index < -0.39 is 0 Å². The van der Waals surface area contributed by atoms with Crippen LogP contribution in [-0.4, -0.2) is 54.2 Å². The molecule has 2 rings (SSSR count). The zero-order valence-electron chi connectivity index (χ0n) is 19.0. The van der Waals surface area contributed by atoms with Crippen LogP contribution >= 0.6 is 11.3 Å². The molecule has 0 aliphatic carbocycles. The summed E-state index contributed by atoms with van der Waals surface area (Å²) in [5.41, 5.74) is 3.13. The summed E-state index contributed by atoms with van der Waals surface area (Å²) < 4.78 is 0. The molecule has 0 spiro atoms. The van der Waals surface area contributed by atoms with E-state index in [2.05, 4.69) is 54.2 Å². The molecular weight excluding hydrogens is 382 g/mol. The molecule has 1 amide bonds.